The van der Waals surface area contributed by atoms with Crippen molar-refractivity contribution in [2.45, 2.75) is 0 Å². The lowest BCUT2D eigenvalue weighted by Gasteiger charge is -2.07. The highest BCUT2D eigenvalue weighted by Crippen LogP contribution is 2.26. The third-order valence-electron chi connectivity index (χ3n) is 3.13. The molecule has 0 bridgehead atoms. The summed E-state index contributed by atoms with van der Waals surface area (Å²) in [5.74, 6) is 0.661. The first kappa shape index (κ1) is 16.9. The van der Waals surface area contributed by atoms with E-state index in [4.69, 9.17) is 9.47 Å². The van der Waals surface area contributed by atoms with Gasteiger partial charge in [-0.1, -0.05) is 0 Å². The number of hydrogen-bond donors (Lipinski definition) is 1. The number of nitrogens with one attached hydrogen (secondary N) is 1. The summed E-state index contributed by atoms with van der Waals surface area (Å²) in [5.41, 5.74) is 3.24. The van der Waals surface area contributed by atoms with Gasteiger partial charge in [0, 0.05) is 17.7 Å². The maximum atomic E-state index is 11.9. The van der Waals surface area contributed by atoms with E-state index in [1.165, 1.54) is 44.7 Å². The summed E-state index contributed by atoms with van der Waals surface area (Å²) < 4.78 is 10.3. The summed E-state index contributed by atoms with van der Waals surface area (Å²) in [6, 6.07) is 10.4. The van der Waals surface area contributed by atoms with Crippen LogP contribution in [0.15, 0.2) is 47.6 Å². The van der Waals surface area contributed by atoms with Crippen LogP contribution in [0.25, 0.3) is 0 Å². The van der Waals surface area contributed by atoms with Crippen LogP contribution in [0.5, 0.6) is 11.5 Å². The molecule has 0 atom stereocenters. The van der Waals surface area contributed by atoms with Gasteiger partial charge in [0.15, 0.2) is 11.5 Å². The number of nitro groups is 1. The zero-order valence-corrected chi connectivity index (χ0v) is 13.1. The lowest BCUT2D eigenvalue weighted by molar-refractivity contribution is -0.384. The smallest absolute Gasteiger partial charge is 0.271 e. The maximum Gasteiger partial charge on any atom is 0.271 e. The van der Waals surface area contributed by atoms with Gasteiger partial charge in [0.25, 0.3) is 11.6 Å². The molecule has 0 radical (unpaired) electrons. The van der Waals surface area contributed by atoms with Gasteiger partial charge in [0.05, 0.1) is 25.4 Å². The first-order chi connectivity index (χ1) is 11.5. The molecule has 2 rings (SSSR count). The molecule has 0 fully saturated rings. The van der Waals surface area contributed by atoms with Crippen LogP contribution in [0.4, 0.5) is 5.69 Å². The van der Waals surface area contributed by atoms with Crippen LogP contribution < -0.4 is 14.9 Å². The molecule has 0 aliphatic heterocycles. The Balaban J connectivity index is 2.03. The van der Waals surface area contributed by atoms with Gasteiger partial charge < -0.3 is 9.47 Å². The molecule has 0 aliphatic rings. The molecule has 0 unspecified atom stereocenters. The van der Waals surface area contributed by atoms with Crippen LogP contribution in [0, 0.1) is 10.1 Å². The molecule has 2 aromatic rings. The standard InChI is InChI=1S/C16H15N3O5/c1-23-14-8-3-11(9-15(14)24-2)10-17-18-16(20)12-4-6-13(7-5-12)19(21)22/h3-10H,1-2H3,(H,18,20)/b17-10-. The predicted octanol–water partition coefficient (Wildman–Crippen LogP) is 2.38. The number of hydrazone groups is 1. The van der Waals surface area contributed by atoms with Crippen molar-refractivity contribution in [1.82, 2.24) is 5.43 Å². The normalized spacial score (nSPS) is 10.4. The molecule has 0 aromatic heterocycles. The van der Waals surface area contributed by atoms with E-state index in [0.29, 0.717) is 17.1 Å². The summed E-state index contributed by atoms with van der Waals surface area (Å²) in [5, 5.41) is 14.4. The minimum absolute atomic E-state index is 0.0830. The molecular weight excluding hydrogens is 314 g/mol. The van der Waals surface area contributed by atoms with Crippen molar-refractivity contribution >= 4 is 17.8 Å². The van der Waals surface area contributed by atoms with Crippen molar-refractivity contribution in [3.63, 3.8) is 0 Å². The van der Waals surface area contributed by atoms with Gasteiger partial charge in [0.1, 0.15) is 0 Å². The van der Waals surface area contributed by atoms with Crippen molar-refractivity contribution in [2.24, 2.45) is 5.10 Å². The van der Waals surface area contributed by atoms with E-state index in [2.05, 4.69) is 10.5 Å². The largest absolute Gasteiger partial charge is 0.493 e. The van der Waals surface area contributed by atoms with E-state index in [0.717, 1.165) is 0 Å². The highest BCUT2D eigenvalue weighted by atomic mass is 16.6. The number of non-ortho nitro benzene ring substituents is 1. The second kappa shape index (κ2) is 7.73. The first-order valence-corrected chi connectivity index (χ1v) is 6.85. The van der Waals surface area contributed by atoms with E-state index in [-0.39, 0.29) is 11.3 Å². The number of ether oxygens (including phenoxy) is 2. The molecule has 24 heavy (non-hydrogen) atoms. The number of carbonyl (C=O) groups excluding carboxylic acids is 1. The van der Waals surface area contributed by atoms with Crippen molar-refractivity contribution in [3.8, 4) is 11.5 Å². The molecular formula is C16H15N3O5. The highest BCUT2D eigenvalue weighted by molar-refractivity contribution is 5.95. The fraction of sp³-hybridized carbons (Fsp3) is 0.125. The molecule has 0 saturated carbocycles. The Hall–Kier alpha value is -3.42. The van der Waals surface area contributed by atoms with Crippen LogP contribution in [0.1, 0.15) is 15.9 Å². The van der Waals surface area contributed by atoms with Crippen molar-refractivity contribution in [3.05, 3.63) is 63.7 Å². The fourth-order valence-corrected chi connectivity index (χ4v) is 1.90. The van der Waals surface area contributed by atoms with Gasteiger partial charge in [0.2, 0.25) is 0 Å². The zero-order valence-electron chi connectivity index (χ0n) is 13.1. The quantitative estimate of drug-likeness (QED) is 0.498. The van der Waals surface area contributed by atoms with Crippen molar-refractivity contribution in [1.29, 1.82) is 0 Å². The Kier molecular flexibility index (Phi) is 5.45. The lowest BCUT2D eigenvalue weighted by Crippen LogP contribution is -2.17. The maximum absolute atomic E-state index is 11.9. The predicted molar refractivity (Wildman–Crippen MR) is 87.7 cm³/mol. The lowest BCUT2D eigenvalue weighted by atomic mass is 10.2. The molecule has 8 heteroatoms. The Morgan fingerprint density at radius 2 is 1.79 bits per heavy atom. The fourth-order valence-electron chi connectivity index (χ4n) is 1.90. The number of hydrogen-bond acceptors (Lipinski definition) is 6. The Morgan fingerprint density at radius 3 is 2.38 bits per heavy atom. The Morgan fingerprint density at radius 1 is 1.12 bits per heavy atom. The third kappa shape index (κ3) is 4.07. The number of carbonyl (C=O) groups is 1. The van der Waals surface area contributed by atoms with Crippen LogP contribution in [-0.4, -0.2) is 31.3 Å². The molecule has 2 aromatic carbocycles. The number of benzene rings is 2. The van der Waals surface area contributed by atoms with Gasteiger partial charge in [-0.25, -0.2) is 5.43 Å². The Labute approximate surface area is 137 Å². The van der Waals surface area contributed by atoms with Gasteiger partial charge in [-0.05, 0) is 35.9 Å². The summed E-state index contributed by atoms with van der Waals surface area (Å²) in [6.45, 7) is 0. The first-order valence-electron chi connectivity index (χ1n) is 6.85. The summed E-state index contributed by atoms with van der Waals surface area (Å²) in [7, 11) is 3.06. The topological polar surface area (TPSA) is 103 Å². The zero-order chi connectivity index (χ0) is 17.5. The molecule has 1 N–H and O–H groups in total. The van der Waals surface area contributed by atoms with Crippen LogP contribution in [-0.2, 0) is 0 Å². The molecule has 0 heterocycles. The summed E-state index contributed by atoms with van der Waals surface area (Å²) >= 11 is 0. The van der Waals surface area contributed by atoms with Gasteiger partial charge in [-0.3, -0.25) is 14.9 Å². The summed E-state index contributed by atoms with van der Waals surface area (Å²) in [4.78, 5) is 21.9. The van der Waals surface area contributed by atoms with Gasteiger partial charge in [-0.15, -0.1) is 0 Å². The third-order valence-corrected chi connectivity index (χ3v) is 3.13. The minimum Gasteiger partial charge on any atom is -0.493 e. The van der Waals surface area contributed by atoms with E-state index in [9.17, 15) is 14.9 Å². The van der Waals surface area contributed by atoms with Crippen LogP contribution in [0.3, 0.4) is 0 Å². The molecule has 124 valence electrons. The Bertz CT molecular complexity index is 772. The average molecular weight is 329 g/mol. The van der Waals surface area contributed by atoms with E-state index < -0.39 is 10.8 Å². The number of nitrogens with zero attached hydrogens (tertiary/aromatic N) is 2. The number of amides is 1. The van der Waals surface area contributed by atoms with E-state index >= 15 is 0 Å². The monoisotopic (exact) mass is 329 g/mol. The van der Waals surface area contributed by atoms with Crippen molar-refractivity contribution in [2.75, 3.05) is 14.2 Å². The van der Waals surface area contributed by atoms with Crippen molar-refractivity contribution < 1.29 is 19.2 Å². The van der Waals surface area contributed by atoms with Crippen LogP contribution >= 0.6 is 0 Å². The highest BCUT2D eigenvalue weighted by Gasteiger charge is 2.08. The SMILES string of the molecule is COc1ccc(/C=N\NC(=O)c2ccc([N+](=O)[O-])cc2)cc1OC. The molecule has 8 nitrogen and oxygen atoms in total. The van der Waals surface area contributed by atoms with Gasteiger partial charge in [-0.2, -0.15) is 5.10 Å². The number of methoxy groups -OCH3 is 2. The second-order valence-electron chi connectivity index (χ2n) is 4.62. The molecule has 0 spiro atoms. The second-order valence-corrected chi connectivity index (χ2v) is 4.62. The number of rotatable bonds is 6. The van der Waals surface area contributed by atoms with E-state index in [1.54, 1.807) is 18.2 Å². The summed E-state index contributed by atoms with van der Waals surface area (Å²) in [6.07, 6.45) is 1.45. The van der Waals surface area contributed by atoms with E-state index in [1.807, 2.05) is 0 Å². The van der Waals surface area contributed by atoms with Crippen LogP contribution in [0.2, 0.25) is 0 Å². The molecule has 1 amide bonds. The minimum atomic E-state index is -0.531. The van der Waals surface area contributed by atoms with Gasteiger partial charge >= 0.3 is 0 Å². The average Bonchev–Trinajstić information content (AvgIpc) is 2.61. The number of nitro benzene ring substituents is 1. The molecule has 0 aliphatic carbocycles. The molecule has 0 saturated heterocycles.